The highest BCUT2D eigenvalue weighted by Crippen LogP contribution is 2.11. The zero-order chi connectivity index (χ0) is 9.80. The third-order valence-electron chi connectivity index (χ3n) is 2.02. The average molecular weight is 183 g/mol. The number of aromatic nitrogens is 2. The molecule has 0 aliphatic carbocycles. The van der Waals surface area contributed by atoms with Crippen molar-refractivity contribution in [1.29, 1.82) is 5.26 Å². The topological polar surface area (TPSA) is 41.6 Å². The molecule has 14 heavy (non-hydrogen) atoms. The Labute approximate surface area is 81.9 Å². The highest BCUT2D eigenvalue weighted by atomic mass is 15.0. The first kappa shape index (κ1) is 8.52. The molecule has 0 atom stereocenters. The van der Waals surface area contributed by atoms with Gasteiger partial charge in [0.05, 0.1) is 6.07 Å². The van der Waals surface area contributed by atoms with Gasteiger partial charge in [0.1, 0.15) is 5.65 Å². The third-order valence-corrected chi connectivity index (χ3v) is 2.02. The standard InChI is InChI=1S/C11H9N3/c12-6-1-2-8-14-9-5-10-4-3-7-13-11(10)14/h1-5,7,9H,8H2/b2-1+. The lowest BCUT2D eigenvalue weighted by Gasteiger charge is -1.98. The predicted octanol–water partition coefficient (Wildman–Crippen LogP) is 2.12. The van der Waals surface area contributed by atoms with Gasteiger partial charge in [-0.2, -0.15) is 5.26 Å². The van der Waals surface area contributed by atoms with Gasteiger partial charge in [-0.15, -0.1) is 0 Å². The van der Waals surface area contributed by atoms with Crippen molar-refractivity contribution in [2.45, 2.75) is 6.54 Å². The van der Waals surface area contributed by atoms with Gasteiger partial charge in [0.25, 0.3) is 0 Å². The Hall–Kier alpha value is -2.08. The first-order chi connectivity index (χ1) is 6.92. The average Bonchev–Trinajstić information content (AvgIpc) is 2.63. The van der Waals surface area contributed by atoms with Crippen LogP contribution in [0.25, 0.3) is 11.0 Å². The molecule has 2 rings (SSSR count). The minimum absolute atomic E-state index is 0.689. The number of rotatable bonds is 2. The summed E-state index contributed by atoms with van der Waals surface area (Å²) < 4.78 is 2.00. The maximum Gasteiger partial charge on any atom is 0.140 e. The maximum atomic E-state index is 8.35. The van der Waals surface area contributed by atoms with Crippen LogP contribution in [0.1, 0.15) is 0 Å². The van der Waals surface area contributed by atoms with Crippen LogP contribution in [-0.2, 0) is 6.54 Å². The minimum Gasteiger partial charge on any atom is -0.329 e. The summed E-state index contributed by atoms with van der Waals surface area (Å²) in [5.41, 5.74) is 0.954. The number of hydrogen-bond acceptors (Lipinski definition) is 2. The molecule has 0 aliphatic heterocycles. The van der Waals surface area contributed by atoms with Crippen LogP contribution in [0.5, 0.6) is 0 Å². The largest absolute Gasteiger partial charge is 0.329 e. The van der Waals surface area contributed by atoms with Gasteiger partial charge >= 0.3 is 0 Å². The van der Waals surface area contributed by atoms with Crippen molar-refractivity contribution in [3.8, 4) is 6.07 Å². The van der Waals surface area contributed by atoms with Crippen molar-refractivity contribution >= 4 is 11.0 Å². The van der Waals surface area contributed by atoms with Crippen molar-refractivity contribution in [1.82, 2.24) is 9.55 Å². The zero-order valence-electron chi connectivity index (χ0n) is 7.59. The van der Waals surface area contributed by atoms with E-state index < -0.39 is 0 Å². The van der Waals surface area contributed by atoms with Gasteiger partial charge in [0, 0.05) is 30.4 Å². The van der Waals surface area contributed by atoms with Gasteiger partial charge in [0.2, 0.25) is 0 Å². The van der Waals surface area contributed by atoms with Crippen molar-refractivity contribution < 1.29 is 0 Å². The fraction of sp³-hybridized carbons (Fsp3) is 0.0909. The normalized spacial score (nSPS) is 10.8. The molecule has 0 amide bonds. The molecule has 0 spiro atoms. The van der Waals surface area contributed by atoms with Crippen LogP contribution in [0.3, 0.4) is 0 Å². The molecule has 0 radical (unpaired) electrons. The van der Waals surface area contributed by atoms with Crippen LogP contribution in [0.15, 0.2) is 42.7 Å². The molecular formula is C11H9N3. The number of fused-ring (bicyclic) bond motifs is 1. The van der Waals surface area contributed by atoms with Gasteiger partial charge in [-0.1, -0.05) is 6.08 Å². The molecule has 68 valence electrons. The van der Waals surface area contributed by atoms with E-state index in [1.165, 1.54) is 6.08 Å². The Bertz CT molecular complexity index is 502. The lowest BCUT2D eigenvalue weighted by Crippen LogP contribution is -1.93. The van der Waals surface area contributed by atoms with Crippen LogP contribution in [0.2, 0.25) is 0 Å². The van der Waals surface area contributed by atoms with Crippen LogP contribution in [0.4, 0.5) is 0 Å². The minimum atomic E-state index is 0.689. The van der Waals surface area contributed by atoms with E-state index in [9.17, 15) is 0 Å². The van der Waals surface area contributed by atoms with Crippen molar-refractivity contribution in [3.63, 3.8) is 0 Å². The molecular weight excluding hydrogens is 174 g/mol. The molecule has 2 heterocycles. The summed E-state index contributed by atoms with van der Waals surface area (Å²) in [5.74, 6) is 0. The molecule has 3 heteroatoms. The summed E-state index contributed by atoms with van der Waals surface area (Å²) in [4.78, 5) is 4.27. The zero-order valence-corrected chi connectivity index (χ0v) is 7.59. The van der Waals surface area contributed by atoms with Crippen LogP contribution in [-0.4, -0.2) is 9.55 Å². The van der Waals surface area contributed by atoms with Crippen molar-refractivity contribution in [2.75, 3.05) is 0 Å². The van der Waals surface area contributed by atoms with Crippen LogP contribution in [0, 0.1) is 11.3 Å². The molecule has 0 unspecified atom stereocenters. The fourth-order valence-electron chi connectivity index (χ4n) is 1.39. The second kappa shape index (κ2) is 3.75. The van der Waals surface area contributed by atoms with E-state index >= 15 is 0 Å². The summed E-state index contributed by atoms with van der Waals surface area (Å²) in [6, 6.07) is 7.92. The maximum absolute atomic E-state index is 8.35. The third kappa shape index (κ3) is 1.50. The van der Waals surface area contributed by atoms with Gasteiger partial charge in [-0.05, 0) is 18.2 Å². The molecule has 0 bridgehead atoms. The number of hydrogen-bond donors (Lipinski definition) is 0. The SMILES string of the molecule is N#C/C=C/Cn1ccc2cccnc21. The Morgan fingerprint density at radius 1 is 1.50 bits per heavy atom. The van der Waals surface area contributed by atoms with E-state index in [1.807, 2.05) is 41.1 Å². The molecule has 0 saturated carbocycles. The summed E-state index contributed by atoms with van der Waals surface area (Å²) in [6.45, 7) is 0.689. The first-order valence-electron chi connectivity index (χ1n) is 4.36. The van der Waals surface area contributed by atoms with Crippen LogP contribution >= 0.6 is 0 Å². The van der Waals surface area contributed by atoms with Crippen molar-refractivity contribution in [3.05, 3.63) is 42.7 Å². The van der Waals surface area contributed by atoms with Gasteiger partial charge in [-0.25, -0.2) is 4.98 Å². The lowest BCUT2D eigenvalue weighted by atomic mass is 10.3. The van der Waals surface area contributed by atoms with E-state index in [0.717, 1.165) is 11.0 Å². The molecule has 0 saturated heterocycles. The smallest absolute Gasteiger partial charge is 0.140 e. The fourth-order valence-corrected chi connectivity index (χ4v) is 1.39. The molecule has 2 aromatic rings. The van der Waals surface area contributed by atoms with Crippen LogP contribution < -0.4 is 0 Å². The number of pyridine rings is 1. The van der Waals surface area contributed by atoms with Gasteiger partial charge in [0.15, 0.2) is 0 Å². The monoisotopic (exact) mass is 183 g/mol. The molecule has 3 nitrogen and oxygen atoms in total. The van der Waals surface area contributed by atoms with Gasteiger partial charge in [-0.3, -0.25) is 0 Å². The van der Waals surface area contributed by atoms with E-state index in [-0.39, 0.29) is 0 Å². The Balaban J connectivity index is 2.35. The van der Waals surface area contributed by atoms with E-state index in [0.29, 0.717) is 6.54 Å². The molecule has 0 aliphatic rings. The van der Waals surface area contributed by atoms with Gasteiger partial charge < -0.3 is 4.57 Å². The summed E-state index contributed by atoms with van der Waals surface area (Å²) in [6.07, 6.45) is 7.04. The van der Waals surface area contributed by atoms with E-state index in [2.05, 4.69) is 4.98 Å². The molecule has 0 fully saturated rings. The van der Waals surface area contributed by atoms with E-state index in [1.54, 1.807) is 6.20 Å². The number of nitriles is 1. The Morgan fingerprint density at radius 2 is 2.43 bits per heavy atom. The predicted molar refractivity (Wildman–Crippen MR) is 54.5 cm³/mol. The Kier molecular flexibility index (Phi) is 2.28. The highest BCUT2D eigenvalue weighted by molar-refractivity contribution is 5.75. The molecule has 0 N–H and O–H groups in total. The summed E-state index contributed by atoms with van der Waals surface area (Å²) >= 11 is 0. The van der Waals surface area contributed by atoms with E-state index in [4.69, 9.17) is 5.26 Å². The summed E-state index contributed by atoms with van der Waals surface area (Å²) in [7, 11) is 0. The second-order valence-corrected chi connectivity index (χ2v) is 2.92. The van der Waals surface area contributed by atoms with Crippen molar-refractivity contribution in [2.24, 2.45) is 0 Å². The summed E-state index contributed by atoms with van der Waals surface area (Å²) in [5, 5.41) is 9.47. The second-order valence-electron chi connectivity index (χ2n) is 2.92. The number of allylic oxidation sites excluding steroid dienone is 2. The quantitative estimate of drug-likeness (QED) is 0.669. The molecule has 2 aromatic heterocycles. The molecule has 0 aromatic carbocycles. The Morgan fingerprint density at radius 3 is 3.29 bits per heavy atom. The first-order valence-corrected chi connectivity index (χ1v) is 4.36. The number of nitrogens with zero attached hydrogens (tertiary/aromatic N) is 3. The lowest BCUT2D eigenvalue weighted by molar-refractivity contribution is 0.850. The highest BCUT2D eigenvalue weighted by Gasteiger charge is 1.97.